The lowest BCUT2D eigenvalue weighted by molar-refractivity contribution is -0.126. The molecule has 0 aromatic carbocycles. The number of carbonyl (C=O) groups excluding carboxylic acids is 1. The van der Waals surface area contributed by atoms with Crippen molar-refractivity contribution in [2.45, 2.75) is 18.4 Å². The average molecular weight is 226 g/mol. The number of azide groups is 1. The zero-order chi connectivity index (χ0) is 12.0. The lowest BCUT2D eigenvalue weighted by Crippen LogP contribution is -2.60. The fraction of sp³-hybridized carbons (Fsp3) is 0.889. The summed E-state index contributed by atoms with van der Waals surface area (Å²) in [4.78, 5) is 16.3. The summed E-state index contributed by atoms with van der Waals surface area (Å²) in [7, 11) is 2.02. The van der Waals surface area contributed by atoms with Crippen LogP contribution in [0.15, 0.2) is 5.11 Å². The second-order valence-corrected chi connectivity index (χ2v) is 4.13. The zero-order valence-electron chi connectivity index (χ0n) is 9.52. The van der Waals surface area contributed by atoms with Gasteiger partial charge in [-0.05, 0) is 25.4 Å². The van der Waals surface area contributed by atoms with E-state index in [2.05, 4.69) is 20.2 Å². The molecule has 0 bridgehead atoms. The van der Waals surface area contributed by atoms with Gasteiger partial charge in [-0.1, -0.05) is 5.11 Å². The highest BCUT2D eigenvalue weighted by atomic mass is 16.1. The van der Waals surface area contributed by atoms with Crippen LogP contribution in [0.5, 0.6) is 0 Å². The molecule has 7 heteroatoms. The van der Waals surface area contributed by atoms with Crippen LogP contribution < -0.4 is 11.1 Å². The van der Waals surface area contributed by atoms with E-state index in [0.717, 1.165) is 13.1 Å². The lowest BCUT2D eigenvalue weighted by Gasteiger charge is -2.38. The van der Waals surface area contributed by atoms with Crippen LogP contribution in [0.4, 0.5) is 0 Å². The number of primary amides is 1. The summed E-state index contributed by atoms with van der Waals surface area (Å²) in [5.74, 6) is -0.318. The highest BCUT2D eigenvalue weighted by Crippen LogP contribution is 2.20. The molecule has 16 heavy (non-hydrogen) atoms. The topological polar surface area (TPSA) is 107 Å². The van der Waals surface area contributed by atoms with Crippen molar-refractivity contribution in [3.05, 3.63) is 10.4 Å². The van der Waals surface area contributed by atoms with Crippen molar-refractivity contribution in [1.82, 2.24) is 10.2 Å². The molecule has 1 amide bonds. The SMILES string of the molecule is CN1CCC(NCCN=[N+]=[N-])(C(N)=O)CC1. The molecule has 0 spiro atoms. The first kappa shape index (κ1) is 12.8. The van der Waals surface area contributed by atoms with Gasteiger partial charge < -0.3 is 16.0 Å². The molecule has 1 aliphatic heterocycles. The van der Waals surface area contributed by atoms with Gasteiger partial charge in [0.1, 0.15) is 5.54 Å². The van der Waals surface area contributed by atoms with Crippen LogP contribution in [0.25, 0.3) is 10.4 Å². The quantitative estimate of drug-likeness (QED) is 0.294. The van der Waals surface area contributed by atoms with Crippen LogP contribution in [0.3, 0.4) is 0 Å². The maximum absolute atomic E-state index is 11.5. The molecule has 0 saturated carbocycles. The summed E-state index contributed by atoms with van der Waals surface area (Å²) in [6, 6.07) is 0. The van der Waals surface area contributed by atoms with Crippen molar-refractivity contribution in [3.8, 4) is 0 Å². The molecule has 1 saturated heterocycles. The van der Waals surface area contributed by atoms with E-state index in [-0.39, 0.29) is 5.91 Å². The van der Waals surface area contributed by atoms with Gasteiger partial charge in [-0.3, -0.25) is 4.79 Å². The van der Waals surface area contributed by atoms with Crippen molar-refractivity contribution in [1.29, 1.82) is 0 Å². The molecule has 0 aromatic heterocycles. The van der Waals surface area contributed by atoms with Crippen molar-refractivity contribution < 1.29 is 4.79 Å². The third kappa shape index (κ3) is 3.10. The first-order chi connectivity index (χ1) is 7.60. The second kappa shape index (κ2) is 5.69. The Hall–Kier alpha value is -1.30. The minimum Gasteiger partial charge on any atom is -0.368 e. The van der Waals surface area contributed by atoms with Gasteiger partial charge >= 0.3 is 0 Å². The normalized spacial score (nSPS) is 20.1. The Bertz CT molecular complexity index is 290. The smallest absolute Gasteiger partial charge is 0.237 e. The van der Waals surface area contributed by atoms with E-state index in [1.807, 2.05) is 7.05 Å². The number of piperidine rings is 1. The van der Waals surface area contributed by atoms with E-state index in [9.17, 15) is 4.79 Å². The van der Waals surface area contributed by atoms with E-state index in [1.54, 1.807) is 0 Å². The number of nitrogens with one attached hydrogen (secondary N) is 1. The molecule has 1 aliphatic rings. The lowest BCUT2D eigenvalue weighted by atomic mass is 9.87. The van der Waals surface area contributed by atoms with Crippen molar-refractivity contribution in [3.63, 3.8) is 0 Å². The summed E-state index contributed by atoms with van der Waals surface area (Å²) < 4.78 is 0. The van der Waals surface area contributed by atoms with Crippen LogP contribution in [0, 0.1) is 0 Å². The number of nitrogens with two attached hydrogens (primary N) is 1. The maximum atomic E-state index is 11.5. The number of rotatable bonds is 5. The molecular weight excluding hydrogens is 208 g/mol. The Labute approximate surface area is 94.6 Å². The Balaban J connectivity index is 2.52. The molecule has 3 N–H and O–H groups in total. The van der Waals surface area contributed by atoms with Crippen LogP contribution in [0.1, 0.15) is 12.8 Å². The molecular formula is C9H18N6O. The summed E-state index contributed by atoms with van der Waals surface area (Å²) in [6.45, 7) is 2.51. The van der Waals surface area contributed by atoms with E-state index < -0.39 is 5.54 Å². The predicted octanol–water partition coefficient (Wildman–Crippen LogP) is -0.164. The number of nitrogens with zero attached hydrogens (tertiary/aromatic N) is 4. The molecule has 0 radical (unpaired) electrons. The number of hydrogen-bond acceptors (Lipinski definition) is 4. The Kier molecular flexibility index (Phi) is 4.54. The van der Waals surface area contributed by atoms with E-state index in [1.165, 1.54) is 0 Å². The molecule has 0 aromatic rings. The number of hydrogen-bond donors (Lipinski definition) is 2. The molecule has 7 nitrogen and oxygen atoms in total. The van der Waals surface area contributed by atoms with Crippen molar-refractivity contribution >= 4 is 5.91 Å². The monoisotopic (exact) mass is 226 g/mol. The molecule has 1 rings (SSSR count). The van der Waals surface area contributed by atoms with Gasteiger partial charge in [-0.15, -0.1) is 0 Å². The van der Waals surface area contributed by atoms with Gasteiger partial charge in [0.05, 0.1) is 0 Å². The number of amides is 1. The molecule has 1 heterocycles. The Morgan fingerprint density at radius 1 is 1.62 bits per heavy atom. The van der Waals surface area contributed by atoms with Crippen molar-refractivity contribution in [2.75, 3.05) is 33.2 Å². The van der Waals surface area contributed by atoms with Crippen LogP contribution in [0.2, 0.25) is 0 Å². The predicted molar refractivity (Wildman–Crippen MR) is 60.7 cm³/mol. The van der Waals surface area contributed by atoms with E-state index >= 15 is 0 Å². The number of likely N-dealkylation sites (tertiary alicyclic amines) is 1. The summed E-state index contributed by atoms with van der Waals surface area (Å²) in [5, 5.41) is 6.54. The Morgan fingerprint density at radius 3 is 2.75 bits per heavy atom. The standard InChI is InChI=1S/C9H18N6O/c1-15-6-2-9(3-7-15,8(10)16)12-4-5-13-14-11/h12H,2-7H2,1H3,(H2,10,16). The fourth-order valence-corrected chi connectivity index (χ4v) is 1.90. The summed E-state index contributed by atoms with van der Waals surface area (Å²) in [6.07, 6.45) is 1.41. The largest absolute Gasteiger partial charge is 0.368 e. The third-order valence-electron chi connectivity index (χ3n) is 3.05. The highest BCUT2D eigenvalue weighted by molar-refractivity contribution is 5.84. The zero-order valence-corrected chi connectivity index (χ0v) is 9.52. The average Bonchev–Trinajstić information content (AvgIpc) is 2.27. The minimum absolute atomic E-state index is 0.318. The van der Waals surface area contributed by atoms with Crippen LogP contribution in [-0.2, 0) is 4.79 Å². The third-order valence-corrected chi connectivity index (χ3v) is 3.05. The summed E-state index contributed by atoms with van der Waals surface area (Å²) >= 11 is 0. The number of carbonyl (C=O) groups is 1. The molecule has 0 atom stereocenters. The second-order valence-electron chi connectivity index (χ2n) is 4.13. The molecule has 90 valence electrons. The molecule has 1 fully saturated rings. The van der Waals surface area contributed by atoms with Gasteiger partial charge in [0.15, 0.2) is 0 Å². The van der Waals surface area contributed by atoms with Gasteiger partial charge in [-0.2, -0.15) is 0 Å². The van der Waals surface area contributed by atoms with Gasteiger partial charge in [0.2, 0.25) is 5.91 Å². The minimum atomic E-state index is -0.627. The highest BCUT2D eigenvalue weighted by Gasteiger charge is 2.38. The van der Waals surface area contributed by atoms with Gasteiger partial charge in [0.25, 0.3) is 0 Å². The summed E-state index contributed by atoms with van der Waals surface area (Å²) in [5.41, 5.74) is 13.0. The van der Waals surface area contributed by atoms with Gasteiger partial charge in [-0.25, -0.2) is 0 Å². The first-order valence-corrected chi connectivity index (χ1v) is 5.35. The van der Waals surface area contributed by atoms with Crippen molar-refractivity contribution in [2.24, 2.45) is 10.8 Å². The first-order valence-electron chi connectivity index (χ1n) is 5.35. The van der Waals surface area contributed by atoms with Gasteiger partial charge in [0, 0.05) is 31.1 Å². The van der Waals surface area contributed by atoms with Crippen LogP contribution in [-0.4, -0.2) is 49.6 Å². The van der Waals surface area contributed by atoms with E-state index in [0.29, 0.717) is 25.9 Å². The Morgan fingerprint density at radius 2 is 2.25 bits per heavy atom. The van der Waals surface area contributed by atoms with Crippen LogP contribution >= 0.6 is 0 Å². The van der Waals surface area contributed by atoms with E-state index in [4.69, 9.17) is 11.3 Å². The fourth-order valence-electron chi connectivity index (χ4n) is 1.90. The molecule has 0 aliphatic carbocycles. The maximum Gasteiger partial charge on any atom is 0.237 e. The molecule has 0 unspecified atom stereocenters.